The lowest BCUT2D eigenvalue weighted by Crippen LogP contribution is -2.53. The molecule has 3 aromatic carbocycles. The van der Waals surface area contributed by atoms with Crippen molar-refractivity contribution >= 4 is 40.1 Å². The number of non-ortho nitro benzene ring substituents is 1. The van der Waals surface area contributed by atoms with Gasteiger partial charge in [0.25, 0.3) is 5.69 Å². The van der Waals surface area contributed by atoms with E-state index in [9.17, 15) is 24.8 Å². The number of rotatable bonds is 9. The van der Waals surface area contributed by atoms with Gasteiger partial charge < -0.3 is 15.3 Å². The number of nitrogens with zero attached hydrogens (tertiary/aromatic N) is 2. The van der Waals surface area contributed by atoms with Gasteiger partial charge in [0.2, 0.25) is 11.8 Å². The molecule has 4 aliphatic carbocycles. The zero-order valence-electron chi connectivity index (χ0n) is 25.2. The number of halogens is 1. The van der Waals surface area contributed by atoms with Crippen molar-refractivity contribution < 1.29 is 19.6 Å². The number of benzene rings is 3. The topological polar surface area (TPSA) is 113 Å². The second-order valence-corrected chi connectivity index (χ2v) is 15.1. The van der Waals surface area contributed by atoms with Gasteiger partial charge in [-0.05, 0) is 113 Å². The van der Waals surface area contributed by atoms with E-state index in [0.29, 0.717) is 36.4 Å². The van der Waals surface area contributed by atoms with Crippen LogP contribution in [0.1, 0.15) is 73.2 Å². The van der Waals surface area contributed by atoms with Crippen LogP contribution in [0.2, 0.25) is 0 Å². The maximum Gasteiger partial charge on any atom is 0.269 e. The van der Waals surface area contributed by atoms with Crippen LogP contribution < -0.4 is 5.32 Å². The zero-order valence-corrected chi connectivity index (χ0v) is 27.3. The minimum absolute atomic E-state index is 0.0275. The average molecular weight is 720 g/mol. The number of nitro groups is 1. The summed E-state index contributed by atoms with van der Waals surface area (Å²) in [5.74, 6) is 1.81. The summed E-state index contributed by atoms with van der Waals surface area (Å²) in [5.41, 5.74) is 1.82. The van der Waals surface area contributed by atoms with Gasteiger partial charge in [-0.1, -0.05) is 54.6 Å². The molecule has 45 heavy (non-hydrogen) atoms. The van der Waals surface area contributed by atoms with Gasteiger partial charge in [0.1, 0.15) is 5.41 Å². The SMILES string of the molecule is O=C1C[C@@](C(=O)NCc2ccccc2)(c2ccc([N+](=O)[O-])cc2)[C@@H](c2ccc(CO)cc2I)N1CC12CC3CC(CC(C3)C1)C2. The molecular formula is C36H38IN3O5. The molecule has 0 aromatic heterocycles. The Hall–Kier alpha value is -3.31. The van der Waals surface area contributed by atoms with E-state index in [2.05, 4.69) is 27.9 Å². The van der Waals surface area contributed by atoms with Crippen molar-refractivity contribution in [2.45, 2.75) is 69.6 Å². The number of carbonyl (C=O) groups excluding carboxylic acids is 2. The highest BCUT2D eigenvalue weighted by Crippen LogP contribution is 2.62. The van der Waals surface area contributed by atoms with Crippen LogP contribution in [0.5, 0.6) is 0 Å². The summed E-state index contributed by atoms with van der Waals surface area (Å²) in [4.78, 5) is 42.4. The van der Waals surface area contributed by atoms with Gasteiger partial charge in [-0.2, -0.15) is 0 Å². The lowest BCUT2D eigenvalue weighted by atomic mass is 9.49. The van der Waals surface area contributed by atoms with Crippen LogP contribution in [-0.2, 0) is 28.2 Å². The number of nitrogens with one attached hydrogen (secondary N) is 1. The Bertz CT molecular complexity index is 1590. The molecule has 2 N–H and O–H groups in total. The molecule has 9 heteroatoms. The monoisotopic (exact) mass is 719 g/mol. The Morgan fingerprint density at radius 2 is 1.60 bits per heavy atom. The first-order valence-electron chi connectivity index (χ1n) is 16.0. The number of carbonyl (C=O) groups is 2. The standard InChI is InChI=1S/C36H38IN3O5/c37-31-15-24(21-41)6-11-30(31)33-36(28-7-9-29(10-8-28)40(44)45,34(43)38-20-23-4-2-1-3-5-23)19-32(42)39(33)22-35-16-25-12-26(17-35)14-27(13-25)18-35/h1-11,15,25-27,33,41H,12-14,16-22H2,(H,38,43)/t25?,26?,27?,33-,35?,36-/m1/s1. The number of likely N-dealkylation sites (tertiary alicyclic amines) is 1. The molecule has 0 unspecified atom stereocenters. The van der Waals surface area contributed by atoms with Crippen LogP contribution in [0.25, 0.3) is 0 Å². The fourth-order valence-electron chi connectivity index (χ4n) is 9.61. The number of aliphatic hydroxyl groups excluding tert-OH is 1. The van der Waals surface area contributed by atoms with Crippen LogP contribution in [0.15, 0.2) is 72.8 Å². The molecule has 5 aliphatic rings. The van der Waals surface area contributed by atoms with E-state index < -0.39 is 16.4 Å². The molecule has 3 aromatic rings. The van der Waals surface area contributed by atoms with E-state index in [1.54, 1.807) is 12.1 Å². The van der Waals surface area contributed by atoms with E-state index in [4.69, 9.17) is 0 Å². The first kappa shape index (κ1) is 30.3. The largest absolute Gasteiger partial charge is 0.392 e. The number of amides is 2. The molecule has 234 valence electrons. The van der Waals surface area contributed by atoms with Crippen LogP contribution in [0.4, 0.5) is 5.69 Å². The molecule has 8 nitrogen and oxygen atoms in total. The highest BCUT2D eigenvalue weighted by Gasteiger charge is 2.61. The molecule has 2 amide bonds. The van der Waals surface area contributed by atoms with Gasteiger partial charge >= 0.3 is 0 Å². The van der Waals surface area contributed by atoms with Gasteiger partial charge in [-0.25, -0.2) is 0 Å². The van der Waals surface area contributed by atoms with Crippen molar-refractivity contribution in [3.05, 3.63) is 109 Å². The van der Waals surface area contributed by atoms with E-state index in [-0.39, 0.29) is 35.9 Å². The van der Waals surface area contributed by atoms with Gasteiger partial charge in [0.15, 0.2) is 0 Å². The molecule has 1 heterocycles. The summed E-state index contributed by atoms with van der Waals surface area (Å²) >= 11 is 2.26. The Balaban J connectivity index is 1.36. The molecule has 2 atom stereocenters. The van der Waals surface area contributed by atoms with Crippen molar-refractivity contribution in [1.29, 1.82) is 0 Å². The average Bonchev–Trinajstić information content (AvgIpc) is 3.31. The van der Waals surface area contributed by atoms with Crippen LogP contribution in [-0.4, -0.2) is 33.3 Å². The molecule has 4 bridgehead atoms. The fourth-order valence-corrected chi connectivity index (χ4v) is 10.5. The number of nitro benzene ring substituents is 1. The van der Waals surface area contributed by atoms with Crippen LogP contribution >= 0.6 is 22.6 Å². The minimum atomic E-state index is -1.32. The highest BCUT2D eigenvalue weighted by atomic mass is 127. The first-order chi connectivity index (χ1) is 21.7. The first-order valence-corrected chi connectivity index (χ1v) is 17.0. The lowest BCUT2D eigenvalue weighted by molar-refractivity contribution is -0.384. The molecule has 1 aliphatic heterocycles. The van der Waals surface area contributed by atoms with Gasteiger partial charge in [-0.15, -0.1) is 0 Å². The zero-order chi connectivity index (χ0) is 31.3. The quantitative estimate of drug-likeness (QED) is 0.150. The third-order valence-electron chi connectivity index (χ3n) is 11.0. The number of aliphatic hydroxyl groups is 1. The third kappa shape index (κ3) is 5.45. The van der Waals surface area contributed by atoms with E-state index in [1.165, 1.54) is 31.4 Å². The van der Waals surface area contributed by atoms with Crippen molar-refractivity contribution in [3.63, 3.8) is 0 Å². The maximum atomic E-state index is 14.8. The van der Waals surface area contributed by atoms with E-state index in [1.807, 2.05) is 53.4 Å². The molecule has 5 fully saturated rings. The smallest absolute Gasteiger partial charge is 0.269 e. The van der Waals surface area contributed by atoms with E-state index >= 15 is 0 Å². The predicted molar refractivity (Wildman–Crippen MR) is 178 cm³/mol. The van der Waals surface area contributed by atoms with Gasteiger partial charge in [0.05, 0.1) is 17.6 Å². The summed E-state index contributed by atoms with van der Waals surface area (Å²) in [6.45, 7) is 0.797. The normalized spacial score (nSPS) is 30.1. The summed E-state index contributed by atoms with van der Waals surface area (Å²) in [7, 11) is 0. The Kier molecular flexibility index (Phi) is 7.96. The lowest BCUT2D eigenvalue weighted by Gasteiger charge is -2.58. The fraction of sp³-hybridized carbons (Fsp3) is 0.444. The number of hydrogen-bond acceptors (Lipinski definition) is 5. The van der Waals surface area contributed by atoms with Crippen molar-refractivity contribution in [3.8, 4) is 0 Å². The van der Waals surface area contributed by atoms with Crippen molar-refractivity contribution in [2.75, 3.05) is 6.54 Å². The molecular weight excluding hydrogens is 681 g/mol. The van der Waals surface area contributed by atoms with Crippen molar-refractivity contribution in [1.82, 2.24) is 10.2 Å². The molecule has 8 rings (SSSR count). The summed E-state index contributed by atoms with van der Waals surface area (Å²) < 4.78 is 0.872. The number of hydrogen-bond donors (Lipinski definition) is 2. The predicted octanol–water partition coefficient (Wildman–Crippen LogP) is 6.44. The van der Waals surface area contributed by atoms with Crippen LogP contribution in [0.3, 0.4) is 0 Å². The van der Waals surface area contributed by atoms with Gasteiger partial charge in [-0.3, -0.25) is 19.7 Å². The second kappa shape index (κ2) is 11.8. The Labute approximate surface area is 276 Å². The Morgan fingerprint density at radius 3 is 2.18 bits per heavy atom. The molecule has 0 spiro atoms. The summed E-state index contributed by atoms with van der Waals surface area (Å²) in [6, 6.07) is 21.0. The summed E-state index contributed by atoms with van der Waals surface area (Å²) in [5, 5.41) is 24.6. The van der Waals surface area contributed by atoms with Crippen LogP contribution in [0, 0.1) is 36.9 Å². The molecule has 0 radical (unpaired) electrons. The van der Waals surface area contributed by atoms with E-state index in [0.717, 1.165) is 39.5 Å². The third-order valence-corrected chi connectivity index (χ3v) is 12.0. The minimum Gasteiger partial charge on any atom is -0.392 e. The highest BCUT2D eigenvalue weighted by molar-refractivity contribution is 14.1. The summed E-state index contributed by atoms with van der Waals surface area (Å²) in [6.07, 6.45) is 7.24. The molecule has 4 saturated carbocycles. The Morgan fingerprint density at radius 1 is 0.956 bits per heavy atom. The van der Waals surface area contributed by atoms with Crippen molar-refractivity contribution in [2.24, 2.45) is 23.2 Å². The molecule has 1 saturated heterocycles. The second-order valence-electron chi connectivity index (χ2n) is 14.0. The van der Waals surface area contributed by atoms with Gasteiger partial charge in [0, 0.05) is 35.2 Å². The maximum absolute atomic E-state index is 14.8.